The van der Waals surface area contributed by atoms with Gasteiger partial charge in [-0.3, -0.25) is 9.59 Å². The van der Waals surface area contributed by atoms with Crippen LogP contribution in [0.5, 0.6) is 5.75 Å². The van der Waals surface area contributed by atoms with E-state index in [9.17, 15) is 9.59 Å². The molecular formula is C22H23Cl2N5O3S. The first-order chi connectivity index (χ1) is 15.8. The van der Waals surface area contributed by atoms with E-state index in [1.54, 1.807) is 54.9 Å². The second-order valence-corrected chi connectivity index (χ2v) is 8.80. The van der Waals surface area contributed by atoms with E-state index in [1.807, 2.05) is 6.92 Å². The zero-order chi connectivity index (χ0) is 24.0. The van der Waals surface area contributed by atoms with E-state index < -0.39 is 6.04 Å². The number of ether oxygens (including phenoxy) is 1. The van der Waals surface area contributed by atoms with Crippen LogP contribution in [0.4, 0.5) is 5.69 Å². The van der Waals surface area contributed by atoms with E-state index >= 15 is 0 Å². The highest BCUT2D eigenvalue weighted by Gasteiger charge is 2.20. The summed E-state index contributed by atoms with van der Waals surface area (Å²) in [6.45, 7) is 4.28. The molecule has 0 fully saturated rings. The summed E-state index contributed by atoms with van der Waals surface area (Å²) in [5.41, 5.74) is 0.996. The van der Waals surface area contributed by atoms with Gasteiger partial charge >= 0.3 is 0 Å². The van der Waals surface area contributed by atoms with Crippen LogP contribution in [-0.2, 0) is 11.8 Å². The molecule has 3 rings (SSSR count). The molecule has 0 bridgehead atoms. The number of nitrogens with one attached hydrogen (secondary N) is 2. The Morgan fingerprint density at radius 3 is 2.55 bits per heavy atom. The molecule has 0 unspecified atom stereocenters. The molecule has 0 saturated carbocycles. The molecule has 8 nitrogen and oxygen atoms in total. The van der Waals surface area contributed by atoms with E-state index in [-0.39, 0.29) is 22.6 Å². The maximum atomic E-state index is 12.6. The average Bonchev–Trinajstić information content (AvgIpc) is 3.14. The molecule has 2 aromatic carbocycles. The van der Waals surface area contributed by atoms with E-state index in [0.717, 1.165) is 5.75 Å². The lowest BCUT2D eigenvalue weighted by molar-refractivity contribution is -0.113. The maximum absolute atomic E-state index is 12.6. The van der Waals surface area contributed by atoms with Gasteiger partial charge in [-0.1, -0.05) is 35.0 Å². The SMILES string of the molecule is CCOc1ccc(NC(=O)CSc2nnc([C@@H](C)NC(=O)c3ccc(Cl)cc3Cl)n2C)cc1. The third-order valence-corrected chi connectivity index (χ3v) is 6.13. The maximum Gasteiger partial charge on any atom is 0.253 e. The van der Waals surface area contributed by atoms with Crippen molar-refractivity contribution in [1.29, 1.82) is 0 Å². The number of hydrogen-bond donors (Lipinski definition) is 2. The minimum Gasteiger partial charge on any atom is -0.494 e. The summed E-state index contributed by atoms with van der Waals surface area (Å²) in [4.78, 5) is 24.9. The third kappa shape index (κ3) is 6.63. The van der Waals surface area contributed by atoms with Crippen molar-refractivity contribution in [1.82, 2.24) is 20.1 Å². The van der Waals surface area contributed by atoms with Crippen LogP contribution in [0, 0.1) is 0 Å². The number of carbonyl (C=O) groups is 2. The van der Waals surface area contributed by atoms with Gasteiger partial charge < -0.3 is 19.9 Å². The van der Waals surface area contributed by atoms with Crippen LogP contribution < -0.4 is 15.4 Å². The number of amides is 2. The Labute approximate surface area is 206 Å². The van der Waals surface area contributed by atoms with Gasteiger partial charge in [-0.05, 0) is 56.3 Å². The predicted molar refractivity (Wildman–Crippen MR) is 130 cm³/mol. The molecule has 0 saturated heterocycles. The minimum absolute atomic E-state index is 0.153. The summed E-state index contributed by atoms with van der Waals surface area (Å²) in [6, 6.07) is 11.4. The lowest BCUT2D eigenvalue weighted by Crippen LogP contribution is -2.28. The van der Waals surface area contributed by atoms with Gasteiger partial charge in [-0.2, -0.15) is 0 Å². The highest BCUT2D eigenvalue weighted by Crippen LogP contribution is 2.23. The van der Waals surface area contributed by atoms with Gasteiger partial charge in [-0.25, -0.2) is 0 Å². The van der Waals surface area contributed by atoms with E-state index in [4.69, 9.17) is 27.9 Å². The van der Waals surface area contributed by atoms with Gasteiger partial charge in [0.15, 0.2) is 11.0 Å². The summed E-state index contributed by atoms with van der Waals surface area (Å²) in [5.74, 6) is 0.919. The van der Waals surface area contributed by atoms with Crippen LogP contribution in [0.3, 0.4) is 0 Å². The zero-order valence-corrected chi connectivity index (χ0v) is 20.6. The van der Waals surface area contributed by atoms with Crippen molar-refractivity contribution >= 4 is 52.5 Å². The number of benzene rings is 2. The summed E-state index contributed by atoms with van der Waals surface area (Å²) in [5, 5.41) is 15.3. The molecule has 11 heteroatoms. The van der Waals surface area contributed by atoms with Crippen LogP contribution in [0.15, 0.2) is 47.6 Å². The second kappa shape index (κ2) is 11.4. The van der Waals surface area contributed by atoms with Crippen LogP contribution >= 0.6 is 35.0 Å². The highest BCUT2D eigenvalue weighted by molar-refractivity contribution is 7.99. The van der Waals surface area contributed by atoms with Crippen molar-refractivity contribution in [3.8, 4) is 5.75 Å². The largest absolute Gasteiger partial charge is 0.494 e. The minimum atomic E-state index is -0.436. The fourth-order valence-electron chi connectivity index (χ4n) is 2.97. The number of thioether (sulfide) groups is 1. The average molecular weight is 508 g/mol. The van der Waals surface area contributed by atoms with Crippen LogP contribution in [-0.4, -0.2) is 38.9 Å². The van der Waals surface area contributed by atoms with E-state index in [2.05, 4.69) is 20.8 Å². The highest BCUT2D eigenvalue weighted by atomic mass is 35.5. The van der Waals surface area contributed by atoms with Gasteiger partial charge in [0.1, 0.15) is 5.75 Å². The van der Waals surface area contributed by atoms with Gasteiger partial charge in [0.2, 0.25) is 5.91 Å². The summed E-state index contributed by atoms with van der Waals surface area (Å²) in [7, 11) is 1.78. The van der Waals surface area contributed by atoms with Crippen molar-refractivity contribution in [2.24, 2.45) is 7.05 Å². The molecule has 0 aliphatic rings. The normalized spacial score (nSPS) is 11.7. The smallest absolute Gasteiger partial charge is 0.253 e. The summed E-state index contributed by atoms with van der Waals surface area (Å²) in [6.07, 6.45) is 0. The Balaban J connectivity index is 1.56. The van der Waals surface area contributed by atoms with Crippen molar-refractivity contribution in [2.75, 3.05) is 17.7 Å². The molecule has 0 aliphatic heterocycles. The molecule has 0 spiro atoms. The summed E-state index contributed by atoms with van der Waals surface area (Å²) >= 11 is 13.2. The number of aromatic nitrogens is 3. The molecule has 1 heterocycles. The predicted octanol–water partition coefficient (Wildman–Crippen LogP) is 4.74. The topological polar surface area (TPSA) is 98.1 Å². The Hall–Kier alpha value is -2.75. The number of carbonyl (C=O) groups excluding carboxylic acids is 2. The number of nitrogens with zero attached hydrogens (tertiary/aromatic N) is 3. The van der Waals surface area contributed by atoms with Gasteiger partial charge in [0.05, 0.1) is 29.0 Å². The third-order valence-electron chi connectivity index (χ3n) is 4.56. The van der Waals surface area contributed by atoms with Crippen molar-refractivity contribution in [3.05, 3.63) is 63.9 Å². The molecule has 2 N–H and O–H groups in total. The monoisotopic (exact) mass is 507 g/mol. The molecule has 174 valence electrons. The lowest BCUT2D eigenvalue weighted by Gasteiger charge is -2.14. The van der Waals surface area contributed by atoms with Crippen LogP contribution in [0.25, 0.3) is 0 Å². The molecule has 3 aromatic rings. The first-order valence-corrected chi connectivity index (χ1v) is 11.8. The van der Waals surface area contributed by atoms with E-state index in [0.29, 0.717) is 33.9 Å². The first-order valence-electron chi connectivity index (χ1n) is 10.1. The fraction of sp³-hybridized carbons (Fsp3) is 0.273. The Morgan fingerprint density at radius 1 is 1.15 bits per heavy atom. The van der Waals surface area contributed by atoms with Gasteiger partial charge in [0, 0.05) is 17.8 Å². The Bertz CT molecular complexity index is 1140. The van der Waals surface area contributed by atoms with Crippen molar-refractivity contribution in [2.45, 2.75) is 25.0 Å². The van der Waals surface area contributed by atoms with Crippen molar-refractivity contribution in [3.63, 3.8) is 0 Å². The van der Waals surface area contributed by atoms with Crippen LogP contribution in [0.2, 0.25) is 10.0 Å². The lowest BCUT2D eigenvalue weighted by atomic mass is 10.2. The van der Waals surface area contributed by atoms with Crippen molar-refractivity contribution < 1.29 is 14.3 Å². The van der Waals surface area contributed by atoms with Crippen LogP contribution in [0.1, 0.15) is 36.1 Å². The number of hydrogen-bond acceptors (Lipinski definition) is 6. The quantitative estimate of drug-likeness (QED) is 0.405. The Kier molecular flexibility index (Phi) is 8.60. The molecule has 0 radical (unpaired) electrons. The van der Waals surface area contributed by atoms with Gasteiger partial charge in [0.25, 0.3) is 5.91 Å². The second-order valence-electron chi connectivity index (χ2n) is 7.01. The summed E-state index contributed by atoms with van der Waals surface area (Å²) < 4.78 is 7.13. The molecule has 1 aromatic heterocycles. The molecule has 0 aliphatic carbocycles. The Morgan fingerprint density at radius 2 is 1.88 bits per heavy atom. The number of anilines is 1. The molecule has 2 amide bonds. The first kappa shape index (κ1) is 24.9. The fourth-order valence-corrected chi connectivity index (χ4v) is 4.18. The molecular weight excluding hydrogens is 485 g/mol. The van der Waals surface area contributed by atoms with E-state index in [1.165, 1.54) is 17.8 Å². The number of halogens is 2. The standard InChI is InChI=1S/C22H23Cl2N5O3S/c1-4-32-16-8-6-15(7-9-16)26-19(30)12-33-22-28-27-20(29(22)3)13(2)25-21(31)17-10-5-14(23)11-18(17)24/h5-11,13H,4,12H2,1-3H3,(H,25,31)(H,26,30)/t13-/m1/s1. The molecule has 1 atom stereocenters. The number of rotatable bonds is 9. The zero-order valence-electron chi connectivity index (χ0n) is 18.3. The van der Waals surface area contributed by atoms with Gasteiger partial charge in [-0.15, -0.1) is 10.2 Å². The molecule has 33 heavy (non-hydrogen) atoms.